The third-order valence-electron chi connectivity index (χ3n) is 4.62. The van der Waals surface area contributed by atoms with Crippen molar-refractivity contribution in [1.29, 1.82) is 5.26 Å². The predicted molar refractivity (Wildman–Crippen MR) is 98.0 cm³/mol. The smallest absolute Gasteiger partial charge is 0.127 e. The number of halogens is 1. The molecule has 1 atom stereocenters. The Labute approximate surface area is 147 Å². The van der Waals surface area contributed by atoms with Crippen LogP contribution in [0.4, 0.5) is 4.39 Å². The molecule has 0 aliphatic carbocycles. The molecular formula is C21H20FN3. The Bertz CT molecular complexity index is 904. The summed E-state index contributed by atoms with van der Waals surface area (Å²) in [4.78, 5) is 2.14. The molecule has 1 heterocycles. The van der Waals surface area contributed by atoms with Crippen LogP contribution in [-0.4, -0.2) is 24.5 Å². The quantitative estimate of drug-likeness (QED) is 0.875. The highest BCUT2D eigenvalue weighted by molar-refractivity contribution is 5.73. The molecule has 0 amide bonds. The van der Waals surface area contributed by atoms with E-state index in [4.69, 9.17) is 11.0 Å². The summed E-state index contributed by atoms with van der Waals surface area (Å²) in [5, 5.41) is 8.78. The molecular weight excluding hydrogens is 313 g/mol. The molecule has 0 bridgehead atoms. The fourth-order valence-electron chi connectivity index (χ4n) is 3.22. The summed E-state index contributed by atoms with van der Waals surface area (Å²) >= 11 is 0. The van der Waals surface area contributed by atoms with Crippen LogP contribution in [0.3, 0.4) is 0 Å². The van der Waals surface area contributed by atoms with Crippen molar-refractivity contribution in [2.75, 3.05) is 13.6 Å². The molecule has 1 aliphatic rings. The Morgan fingerprint density at radius 2 is 2.00 bits per heavy atom. The van der Waals surface area contributed by atoms with Crippen LogP contribution >= 0.6 is 0 Å². The molecule has 0 spiro atoms. The summed E-state index contributed by atoms with van der Waals surface area (Å²) in [5.41, 5.74) is 14.2. The number of hydrogen-bond acceptors (Lipinski definition) is 3. The molecule has 0 saturated carbocycles. The minimum absolute atomic E-state index is 0.215. The number of likely N-dealkylation sites (N-methyl/N-ethyl adjacent to an activating group) is 1. The van der Waals surface area contributed by atoms with Crippen LogP contribution in [0.5, 0.6) is 0 Å². The number of fused-ring (bicyclic) bond motifs is 1. The van der Waals surface area contributed by atoms with Gasteiger partial charge in [-0.25, -0.2) is 4.39 Å². The molecule has 0 saturated heterocycles. The van der Waals surface area contributed by atoms with Crippen molar-refractivity contribution < 1.29 is 4.39 Å². The first-order valence-electron chi connectivity index (χ1n) is 8.22. The topological polar surface area (TPSA) is 53.1 Å². The normalized spacial score (nSPS) is 14.5. The van der Waals surface area contributed by atoms with E-state index in [1.54, 1.807) is 6.07 Å². The summed E-state index contributed by atoms with van der Waals surface area (Å²) in [5.74, 6) is -0.327. The molecule has 2 N–H and O–H groups in total. The molecule has 126 valence electrons. The van der Waals surface area contributed by atoms with Gasteiger partial charge in [-0.15, -0.1) is 5.73 Å². The summed E-state index contributed by atoms with van der Waals surface area (Å²) < 4.78 is 14.3. The molecule has 4 heteroatoms. The third kappa shape index (κ3) is 3.34. The van der Waals surface area contributed by atoms with Crippen LogP contribution in [-0.2, 0) is 12.8 Å². The van der Waals surface area contributed by atoms with Crippen LogP contribution in [0.1, 0.15) is 16.7 Å². The van der Waals surface area contributed by atoms with Gasteiger partial charge in [-0.3, -0.25) is 0 Å². The summed E-state index contributed by atoms with van der Waals surface area (Å²) in [6.45, 7) is 4.69. The number of nitriles is 1. The van der Waals surface area contributed by atoms with Gasteiger partial charge in [0, 0.05) is 25.6 Å². The van der Waals surface area contributed by atoms with Gasteiger partial charge in [-0.1, -0.05) is 36.9 Å². The largest absolute Gasteiger partial charge is 0.367 e. The third-order valence-corrected chi connectivity index (χ3v) is 4.62. The minimum atomic E-state index is -0.690. The van der Waals surface area contributed by atoms with Crippen LogP contribution in [0.15, 0.2) is 48.7 Å². The maximum absolute atomic E-state index is 14.3. The number of hydrogen-bond donors (Lipinski definition) is 1. The second kappa shape index (κ2) is 6.94. The molecule has 2 aromatic carbocycles. The highest BCUT2D eigenvalue weighted by Gasteiger charge is 2.18. The van der Waals surface area contributed by atoms with Crippen molar-refractivity contribution in [3.8, 4) is 17.2 Å². The zero-order valence-electron chi connectivity index (χ0n) is 14.2. The van der Waals surface area contributed by atoms with Crippen molar-refractivity contribution >= 4 is 5.70 Å². The van der Waals surface area contributed by atoms with Crippen molar-refractivity contribution in [3.05, 3.63) is 71.2 Å². The van der Waals surface area contributed by atoms with Crippen molar-refractivity contribution in [2.24, 2.45) is 5.73 Å². The number of benzene rings is 2. The molecule has 0 aromatic heterocycles. The zero-order valence-corrected chi connectivity index (χ0v) is 14.2. The van der Waals surface area contributed by atoms with Gasteiger partial charge in [0.05, 0.1) is 17.8 Å². The van der Waals surface area contributed by atoms with Gasteiger partial charge in [0.15, 0.2) is 0 Å². The van der Waals surface area contributed by atoms with E-state index < -0.39 is 6.04 Å². The van der Waals surface area contributed by atoms with Crippen molar-refractivity contribution in [1.82, 2.24) is 4.90 Å². The van der Waals surface area contributed by atoms with Gasteiger partial charge in [-0.2, -0.15) is 5.26 Å². The Balaban J connectivity index is 1.95. The van der Waals surface area contributed by atoms with E-state index in [9.17, 15) is 4.39 Å². The Morgan fingerprint density at radius 1 is 1.28 bits per heavy atom. The lowest BCUT2D eigenvalue weighted by molar-refractivity contribution is 0.470. The maximum atomic E-state index is 14.3. The van der Waals surface area contributed by atoms with Crippen LogP contribution in [0.25, 0.3) is 16.8 Å². The van der Waals surface area contributed by atoms with Crippen molar-refractivity contribution in [3.63, 3.8) is 0 Å². The van der Waals surface area contributed by atoms with E-state index in [0.29, 0.717) is 5.56 Å². The monoisotopic (exact) mass is 333 g/mol. The number of nitrogens with two attached hydrogens (primary N) is 1. The molecule has 0 unspecified atom stereocenters. The van der Waals surface area contributed by atoms with Gasteiger partial charge >= 0.3 is 0 Å². The highest BCUT2D eigenvalue weighted by atomic mass is 19.1. The standard InChI is InChI=1S/C21H20FN3/c1-3-21-19-7-6-14(10-16(19)8-9-25(21)2)15-4-5-17(20(22)12-15)11-18(24)13-23/h4-7,10,12,18H,1,8-9,11,24H2,2H3/t18-/m0/s1. The molecule has 2 aromatic rings. The first-order valence-corrected chi connectivity index (χ1v) is 8.22. The Morgan fingerprint density at radius 3 is 2.68 bits per heavy atom. The van der Waals surface area contributed by atoms with Gasteiger partial charge in [0.2, 0.25) is 0 Å². The summed E-state index contributed by atoms with van der Waals surface area (Å²) in [6, 6.07) is 12.5. The van der Waals surface area contributed by atoms with Crippen LogP contribution < -0.4 is 5.73 Å². The second-order valence-electron chi connectivity index (χ2n) is 6.31. The fourth-order valence-corrected chi connectivity index (χ4v) is 3.22. The van der Waals surface area contributed by atoms with Crippen LogP contribution in [0, 0.1) is 17.1 Å². The van der Waals surface area contributed by atoms with Gasteiger partial charge < -0.3 is 10.6 Å². The van der Waals surface area contributed by atoms with E-state index in [1.165, 1.54) is 11.6 Å². The number of nitrogens with zero attached hydrogens (tertiary/aromatic N) is 2. The van der Waals surface area contributed by atoms with E-state index in [0.717, 1.165) is 35.4 Å². The average molecular weight is 333 g/mol. The highest BCUT2D eigenvalue weighted by Crippen LogP contribution is 2.31. The Kier molecular flexibility index (Phi) is 4.72. The SMILES string of the molecule is C=C=C1c2ccc(-c3ccc(C[C@H](N)C#N)c(F)c3)cc2CCN1C. The van der Waals surface area contributed by atoms with Gasteiger partial charge in [0.1, 0.15) is 5.82 Å². The first-order chi connectivity index (χ1) is 12.0. The lowest BCUT2D eigenvalue weighted by Crippen LogP contribution is -2.25. The molecule has 3 nitrogen and oxygen atoms in total. The maximum Gasteiger partial charge on any atom is 0.127 e. The predicted octanol–water partition coefficient (Wildman–Crippen LogP) is 3.50. The molecule has 1 aliphatic heterocycles. The van der Waals surface area contributed by atoms with Gasteiger partial charge in [-0.05, 0) is 34.7 Å². The summed E-state index contributed by atoms with van der Waals surface area (Å²) in [7, 11) is 2.03. The minimum Gasteiger partial charge on any atom is -0.367 e. The zero-order chi connectivity index (χ0) is 18.0. The number of rotatable bonds is 3. The van der Waals surface area contributed by atoms with E-state index >= 15 is 0 Å². The van der Waals surface area contributed by atoms with Crippen molar-refractivity contribution in [2.45, 2.75) is 18.9 Å². The Hall–Kier alpha value is -2.86. The summed E-state index contributed by atoms with van der Waals surface area (Å²) in [6.07, 6.45) is 1.15. The molecule has 0 radical (unpaired) electrons. The van der Waals surface area contributed by atoms with E-state index in [1.807, 2.05) is 31.3 Å². The van der Waals surface area contributed by atoms with Crippen LogP contribution in [0.2, 0.25) is 0 Å². The average Bonchev–Trinajstić information content (AvgIpc) is 2.62. The van der Waals surface area contributed by atoms with Gasteiger partial charge in [0.25, 0.3) is 0 Å². The second-order valence-corrected chi connectivity index (χ2v) is 6.31. The lowest BCUT2D eigenvalue weighted by atomic mass is 9.92. The van der Waals surface area contributed by atoms with E-state index in [2.05, 4.69) is 23.3 Å². The fraction of sp³-hybridized carbons (Fsp3) is 0.238. The lowest BCUT2D eigenvalue weighted by Gasteiger charge is -2.28. The molecule has 0 fully saturated rings. The van der Waals surface area contributed by atoms with E-state index in [-0.39, 0.29) is 12.2 Å². The molecule has 3 rings (SSSR count). The first kappa shape index (κ1) is 17.0. The molecule has 25 heavy (non-hydrogen) atoms.